The van der Waals surface area contributed by atoms with Gasteiger partial charge in [0, 0.05) is 6.54 Å². The smallest absolute Gasteiger partial charge is 0.406 e. The van der Waals surface area contributed by atoms with Crippen molar-refractivity contribution in [1.29, 1.82) is 0 Å². The summed E-state index contributed by atoms with van der Waals surface area (Å²) in [5, 5.41) is 2.63. The minimum absolute atomic E-state index is 0.385. The number of amides is 1. The van der Waals surface area contributed by atoms with Crippen molar-refractivity contribution >= 4 is 12.2 Å². The molecular formula is C14H19NO2. The van der Waals surface area contributed by atoms with Gasteiger partial charge in [0.2, 0.25) is 0 Å². The minimum atomic E-state index is -0.385. The van der Waals surface area contributed by atoms with Crippen molar-refractivity contribution in [3.63, 3.8) is 0 Å². The van der Waals surface area contributed by atoms with Gasteiger partial charge in [-0.05, 0) is 37.0 Å². The Hall–Kier alpha value is -1.77. The maximum Gasteiger partial charge on any atom is 0.406 e. The molecule has 1 rings (SSSR count). The van der Waals surface area contributed by atoms with Crippen LogP contribution >= 0.6 is 0 Å². The zero-order valence-electron chi connectivity index (χ0n) is 10.6. The van der Waals surface area contributed by atoms with Crippen LogP contribution in [0.2, 0.25) is 0 Å². The fraction of sp³-hybridized carbons (Fsp3) is 0.357. The predicted octanol–water partition coefficient (Wildman–Crippen LogP) is 3.06. The van der Waals surface area contributed by atoms with Crippen LogP contribution in [0.4, 0.5) is 4.79 Å². The van der Waals surface area contributed by atoms with E-state index in [1.54, 1.807) is 0 Å². The van der Waals surface area contributed by atoms with Gasteiger partial charge in [0.05, 0.1) is 7.11 Å². The van der Waals surface area contributed by atoms with Gasteiger partial charge < -0.3 is 10.1 Å². The number of aryl methyl sites for hydroxylation is 2. The van der Waals surface area contributed by atoms with Gasteiger partial charge in [0.15, 0.2) is 0 Å². The molecule has 0 spiro atoms. The third-order valence-electron chi connectivity index (χ3n) is 2.61. The van der Waals surface area contributed by atoms with E-state index >= 15 is 0 Å². The van der Waals surface area contributed by atoms with Crippen molar-refractivity contribution < 1.29 is 9.53 Å². The molecule has 0 fully saturated rings. The van der Waals surface area contributed by atoms with E-state index in [0.29, 0.717) is 6.54 Å². The van der Waals surface area contributed by atoms with Crippen molar-refractivity contribution in [3.05, 3.63) is 41.0 Å². The van der Waals surface area contributed by atoms with Gasteiger partial charge in [-0.2, -0.15) is 0 Å². The van der Waals surface area contributed by atoms with Gasteiger partial charge >= 0.3 is 6.09 Å². The highest BCUT2D eigenvalue weighted by molar-refractivity contribution is 5.66. The molecule has 0 saturated carbocycles. The van der Waals surface area contributed by atoms with Crippen LogP contribution in [0.1, 0.15) is 23.1 Å². The average molecular weight is 233 g/mol. The maximum atomic E-state index is 10.8. The molecule has 3 nitrogen and oxygen atoms in total. The number of carbonyl (C=O) groups is 1. The van der Waals surface area contributed by atoms with Crippen LogP contribution in [0.15, 0.2) is 24.3 Å². The first-order valence-corrected chi connectivity index (χ1v) is 5.69. The summed E-state index contributed by atoms with van der Waals surface area (Å²) < 4.78 is 4.47. The molecule has 3 heteroatoms. The molecule has 0 aliphatic rings. The highest BCUT2D eigenvalue weighted by Crippen LogP contribution is 2.11. The van der Waals surface area contributed by atoms with Crippen LogP contribution in [0, 0.1) is 13.8 Å². The molecule has 0 aromatic heterocycles. The Kier molecular flexibility index (Phi) is 5.27. The minimum Gasteiger partial charge on any atom is -0.453 e. The summed E-state index contributed by atoms with van der Waals surface area (Å²) in [6.07, 6.45) is 4.51. The topological polar surface area (TPSA) is 38.3 Å². The largest absolute Gasteiger partial charge is 0.453 e. The average Bonchev–Trinajstić information content (AvgIpc) is 2.33. The summed E-state index contributed by atoms with van der Waals surface area (Å²) in [4.78, 5) is 10.8. The molecule has 1 N–H and O–H groups in total. The Morgan fingerprint density at radius 3 is 2.76 bits per heavy atom. The van der Waals surface area contributed by atoms with E-state index in [4.69, 9.17) is 0 Å². The van der Waals surface area contributed by atoms with E-state index in [9.17, 15) is 4.79 Å². The molecule has 0 bridgehead atoms. The molecule has 0 heterocycles. The molecule has 0 saturated heterocycles. The second kappa shape index (κ2) is 6.74. The lowest BCUT2D eigenvalue weighted by Crippen LogP contribution is -2.23. The Balaban J connectivity index is 2.38. The van der Waals surface area contributed by atoms with Gasteiger partial charge in [-0.1, -0.05) is 30.4 Å². The van der Waals surface area contributed by atoms with Gasteiger partial charge in [-0.25, -0.2) is 4.79 Å². The number of benzene rings is 1. The maximum absolute atomic E-state index is 10.8. The number of carbonyl (C=O) groups excluding carboxylic acids is 1. The normalized spacial score (nSPS) is 10.5. The second-order valence-electron chi connectivity index (χ2n) is 3.95. The van der Waals surface area contributed by atoms with Gasteiger partial charge in [-0.15, -0.1) is 0 Å². The molecule has 0 aliphatic carbocycles. The predicted molar refractivity (Wildman–Crippen MR) is 70.0 cm³/mol. The van der Waals surface area contributed by atoms with Crippen LogP contribution in [0.3, 0.4) is 0 Å². The van der Waals surface area contributed by atoms with Crippen molar-refractivity contribution in [2.24, 2.45) is 0 Å². The van der Waals surface area contributed by atoms with E-state index in [-0.39, 0.29) is 6.09 Å². The fourth-order valence-corrected chi connectivity index (χ4v) is 1.42. The molecule has 0 unspecified atom stereocenters. The summed E-state index contributed by atoms with van der Waals surface area (Å²) >= 11 is 0. The van der Waals surface area contributed by atoms with Crippen molar-refractivity contribution in [2.45, 2.75) is 20.3 Å². The summed E-state index contributed by atoms with van der Waals surface area (Å²) in [6.45, 7) is 4.79. The first kappa shape index (κ1) is 13.3. The second-order valence-corrected chi connectivity index (χ2v) is 3.95. The van der Waals surface area contributed by atoms with Gasteiger partial charge in [0.25, 0.3) is 0 Å². The lowest BCUT2D eigenvalue weighted by Gasteiger charge is -2.01. The van der Waals surface area contributed by atoms with Crippen LogP contribution in [0.5, 0.6) is 0 Å². The monoisotopic (exact) mass is 233 g/mol. The summed E-state index contributed by atoms with van der Waals surface area (Å²) in [5.74, 6) is 0. The Labute approximate surface area is 102 Å². The summed E-state index contributed by atoms with van der Waals surface area (Å²) in [6, 6.07) is 6.36. The Morgan fingerprint density at radius 2 is 2.12 bits per heavy atom. The molecule has 92 valence electrons. The number of rotatable bonds is 4. The fourth-order valence-electron chi connectivity index (χ4n) is 1.42. The van der Waals surface area contributed by atoms with Crippen molar-refractivity contribution in [1.82, 2.24) is 5.32 Å². The quantitative estimate of drug-likeness (QED) is 0.812. The zero-order chi connectivity index (χ0) is 12.7. The van der Waals surface area contributed by atoms with Crippen molar-refractivity contribution in [3.8, 4) is 0 Å². The first-order chi connectivity index (χ1) is 8.13. The molecule has 1 amide bonds. The molecule has 0 atom stereocenters. The number of alkyl carbamates (subject to hydrolysis) is 1. The molecular weight excluding hydrogens is 214 g/mol. The Morgan fingerprint density at radius 1 is 1.35 bits per heavy atom. The van der Waals surface area contributed by atoms with E-state index in [2.05, 4.69) is 48.2 Å². The lowest BCUT2D eigenvalue weighted by molar-refractivity contribution is 0.171. The number of hydrogen-bond acceptors (Lipinski definition) is 2. The highest BCUT2D eigenvalue weighted by atomic mass is 16.5. The third kappa shape index (κ3) is 4.72. The van der Waals surface area contributed by atoms with Crippen LogP contribution in [-0.4, -0.2) is 19.7 Å². The highest BCUT2D eigenvalue weighted by Gasteiger charge is 1.95. The summed E-state index contributed by atoms with van der Waals surface area (Å²) in [7, 11) is 1.36. The number of methoxy groups -OCH3 is 1. The van der Waals surface area contributed by atoms with E-state index in [1.807, 2.05) is 6.08 Å². The molecule has 0 aliphatic heterocycles. The van der Waals surface area contributed by atoms with Gasteiger partial charge in [-0.3, -0.25) is 0 Å². The Bertz CT molecular complexity index is 411. The third-order valence-corrected chi connectivity index (χ3v) is 2.61. The van der Waals surface area contributed by atoms with E-state index in [1.165, 1.54) is 23.8 Å². The van der Waals surface area contributed by atoms with Crippen molar-refractivity contribution in [2.75, 3.05) is 13.7 Å². The van der Waals surface area contributed by atoms with Crippen LogP contribution < -0.4 is 5.32 Å². The molecule has 1 aromatic carbocycles. The molecule has 0 radical (unpaired) electrons. The van der Waals surface area contributed by atoms with Crippen LogP contribution in [0.25, 0.3) is 6.08 Å². The van der Waals surface area contributed by atoms with E-state index in [0.717, 1.165) is 6.42 Å². The number of nitrogens with one attached hydrogen (secondary N) is 1. The standard InChI is InChI=1S/C14H19NO2/c1-11-7-8-13(10-12(11)2)6-4-5-9-15-14(16)17-3/h4,6-8,10H,5,9H2,1-3H3,(H,15,16)/b6-4+. The molecule has 1 aromatic rings. The number of ether oxygens (including phenoxy) is 1. The van der Waals surface area contributed by atoms with Crippen LogP contribution in [-0.2, 0) is 4.74 Å². The lowest BCUT2D eigenvalue weighted by atomic mass is 10.1. The van der Waals surface area contributed by atoms with Gasteiger partial charge in [0.1, 0.15) is 0 Å². The first-order valence-electron chi connectivity index (χ1n) is 5.69. The summed E-state index contributed by atoms with van der Waals surface area (Å²) in [5.41, 5.74) is 3.78. The number of hydrogen-bond donors (Lipinski definition) is 1. The van der Waals surface area contributed by atoms with E-state index < -0.39 is 0 Å². The zero-order valence-corrected chi connectivity index (χ0v) is 10.6. The molecule has 17 heavy (non-hydrogen) atoms. The SMILES string of the molecule is COC(=O)NCC/C=C/c1ccc(C)c(C)c1.